The van der Waals surface area contributed by atoms with E-state index in [-0.39, 0.29) is 5.76 Å². The molecule has 0 aliphatic rings. The number of aliphatic hydroxyl groups excluding tert-OH is 1. The summed E-state index contributed by atoms with van der Waals surface area (Å²) in [4.78, 5) is 11.7. The molecule has 0 spiro atoms. The van der Waals surface area contributed by atoms with Crippen molar-refractivity contribution >= 4 is 17.5 Å². The van der Waals surface area contributed by atoms with Gasteiger partial charge in [-0.3, -0.25) is 4.79 Å². The maximum absolute atomic E-state index is 11.7. The number of halogens is 1. The van der Waals surface area contributed by atoms with Crippen molar-refractivity contribution in [3.8, 4) is 11.3 Å². The van der Waals surface area contributed by atoms with Gasteiger partial charge in [-0.2, -0.15) is 0 Å². The molecule has 1 amide bonds. The maximum Gasteiger partial charge on any atom is 0.290 e. The van der Waals surface area contributed by atoms with Crippen LogP contribution in [-0.2, 0) is 0 Å². The summed E-state index contributed by atoms with van der Waals surface area (Å²) in [5.74, 6) is -0.411. The van der Waals surface area contributed by atoms with E-state index in [4.69, 9.17) is 16.1 Å². The van der Waals surface area contributed by atoms with Gasteiger partial charge in [-0.15, -0.1) is 0 Å². The Kier molecular flexibility index (Phi) is 3.87. The number of benzene rings is 1. The Labute approximate surface area is 115 Å². The van der Waals surface area contributed by atoms with Gasteiger partial charge in [0.05, 0.1) is 11.7 Å². The molecule has 2 rings (SSSR count). The number of hydrogen-bond donors (Lipinski definition) is 2. The van der Waals surface area contributed by atoms with E-state index in [0.29, 0.717) is 16.3 Å². The lowest BCUT2D eigenvalue weighted by Crippen LogP contribution is -2.19. The summed E-state index contributed by atoms with van der Waals surface area (Å²) in [6.07, 6.45) is -0.871. The number of carbonyl (C=O) groups is 1. The van der Waals surface area contributed by atoms with E-state index in [1.807, 2.05) is 0 Å². The normalized spacial score (nSPS) is 12.2. The number of aliphatic hydroxyl groups is 1. The van der Waals surface area contributed by atoms with Crippen molar-refractivity contribution < 1.29 is 14.4 Å². The van der Waals surface area contributed by atoms with Crippen molar-refractivity contribution in [2.75, 3.05) is 7.05 Å². The lowest BCUT2D eigenvalue weighted by molar-refractivity contribution is 0.0918. The molecule has 1 heterocycles. The highest BCUT2D eigenvalue weighted by Crippen LogP contribution is 2.31. The van der Waals surface area contributed by atoms with Crippen molar-refractivity contribution in [2.24, 2.45) is 0 Å². The molecule has 0 saturated carbocycles. The molecule has 2 aromatic rings. The lowest BCUT2D eigenvalue weighted by Gasteiger charge is -2.06. The van der Waals surface area contributed by atoms with Crippen LogP contribution in [0.4, 0.5) is 0 Å². The second-order valence-electron chi connectivity index (χ2n) is 4.04. The Morgan fingerprint density at radius 2 is 2.05 bits per heavy atom. The molecular formula is C13H13ClN2O3. The Morgan fingerprint density at radius 3 is 2.58 bits per heavy atom. The largest absolute Gasteiger partial charge is 0.388 e. The summed E-state index contributed by atoms with van der Waals surface area (Å²) in [6.45, 7) is 1.55. The fraction of sp³-hybridized carbons (Fsp3) is 0.231. The summed E-state index contributed by atoms with van der Waals surface area (Å²) in [7, 11) is 1.48. The molecule has 1 atom stereocenters. The van der Waals surface area contributed by atoms with Crippen molar-refractivity contribution in [1.29, 1.82) is 0 Å². The minimum atomic E-state index is -0.871. The third kappa shape index (κ3) is 2.62. The van der Waals surface area contributed by atoms with Gasteiger partial charge >= 0.3 is 0 Å². The van der Waals surface area contributed by atoms with Gasteiger partial charge in [0.25, 0.3) is 5.91 Å². The van der Waals surface area contributed by atoms with Gasteiger partial charge in [0, 0.05) is 17.6 Å². The van der Waals surface area contributed by atoms with E-state index >= 15 is 0 Å². The maximum atomic E-state index is 11.7. The van der Waals surface area contributed by atoms with Gasteiger partial charge < -0.3 is 14.9 Å². The van der Waals surface area contributed by atoms with Crippen LogP contribution in [0.25, 0.3) is 11.3 Å². The van der Waals surface area contributed by atoms with Crippen molar-refractivity contribution in [2.45, 2.75) is 13.0 Å². The minimum absolute atomic E-state index is 0.0162. The van der Waals surface area contributed by atoms with Gasteiger partial charge in [0.2, 0.25) is 5.76 Å². The summed E-state index contributed by atoms with van der Waals surface area (Å²) >= 11 is 5.82. The number of nitrogens with one attached hydrogen (secondary N) is 1. The molecular weight excluding hydrogens is 268 g/mol. The van der Waals surface area contributed by atoms with Crippen LogP contribution < -0.4 is 5.32 Å². The Hall–Kier alpha value is -1.85. The fourth-order valence-corrected chi connectivity index (χ4v) is 1.90. The quantitative estimate of drug-likeness (QED) is 0.905. The zero-order valence-corrected chi connectivity index (χ0v) is 11.2. The van der Waals surface area contributed by atoms with Crippen LogP contribution in [0.5, 0.6) is 0 Å². The van der Waals surface area contributed by atoms with Gasteiger partial charge in [0.15, 0.2) is 0 Å². The molecule has 19 heavy (non-hydrogen) atoms. The number of nitrogens with zero attached hydrogens (tertiary/aromatic N) is 1. The first-order chi connectivity index (χ1) is 9.04. The minimum Gasteiger partial charge on any atom is -0.388 e. The molecule has 100 valence electrons. The summed E-state index contributed by atoms with van der Waals surface area (Å²) < 4.78 is 5.04. The summed E-state index contributed by atoms with van der Waals surface area (Å²) in [6, 6.07) is 6.91. The van der Waals surface area contributed by atoms with E-state index in [0.717, 1.165) is 5.56 Å². The van der Waals surface area contributed by atoms with Crippen LogP contribution >= 0.6 is 11.6 Å². The van der Waals surface area contributed by atoms with Crippen LogP contribution in [0.3, 0.4) is 0 Å². The molecule has 0 radical (unpaired) electrons. The predicted octanol–water partition coefficient (Wildman–Crippen LogP) is 2.41. The third-order valence-electron chi connectivity index (χ3n) is 2.70. The number of hydrogen-bond acceptors (Lipinski definition) is 4. The van der Waals surface area contributed by atoms with Crippen molar-refractivity contribution in [3.05, 3.63) is 40.6 Å². The number of amides is 1. The van der Waals surface area contributed by atoms with Gasteiger partial charge in [-0.25, -0.2) is 0 Å². The van der Waals surface area contributed by atoms with Gasteiger partial charge in [0.1, 0.15) is 5.69 Å². The monoisotopic (exact) mass is 280 g/mol. The zero-order valence-electron chi connectivity index (χ0n) is 10.5. The second-order valence-corrected chi connectivity index (χ2v) is 4.47. The molecule has 0 saturated heterocycles. The highest BCUT2D eigenvalue weighted by atomic mass is 35.5. The Bertz CT molecular complexity index is 590. The SMILES string of the molecule is CNC(=O)c1onc(-c2ccc(Cl)cc2)c1[C@H](C)O. The average Bonchev–Trinajstić information content (AvgIpc) is 2.83. The molecule has 0 unspecified atom stereocenters. The van der Waals surface area contributed by atoms with Crippen molar-refractivity contribution in [3.63, 3.8) is 0 Å². The van der Waals surface area contributed by atoms with E-state index in [9.17, 15) is 9.90 Å². The fourth-order valence-electron chi connectivity index (χ4n) is 1.78. The van der Waals surface area contributed by atoms with E-state index in [2.05, 4.69) is 10.5 Å². The number of aromatic nitrogens is 1. The molecule has 0 bridgehead atoms. The van der Waals surface area contributed by atoms with E-state index in [1.165, 1.54) is 7.05 Å². The molecule has 1 aromatic heterocycles. The Balaban J connectivity index is 2.55. The third-order valence-corrected chi connectivity index (χ3v) is 2.95. The van der Waals surface area contributed by atoms with Crippen LogP contribution in [0.2, 0.25) is 5.02 Å². The number of carbonyl (C=O) groups excluding carboxylic acids is 1. The van der Waals surface area contributed by atoms with Crippen LogP contribution in [-0.4, -0.2) is 23.2 Å². The first kappa shape index (κ1) is 13.6. The predicted molar refractivity (Wildman–Crippen MR) is 71.0 cm³/mol. The van der Waals surface area contributed by atoms with Crippen LogP contribution in [0.15, 0.2) is 28.8 Å². The highest BCUT2D eigenvalue weighted by molar-refractivity contribution is 6.30. The van der Waals surface area contributed by atoms with Gasteiger partial charge in [-0.05, 0) is 19.1 Å². The van der Waals surface area contributed by atoms with Crippen LogP contribution in [0.1, 0.15) is 29.1 Å². The lowest BCUT2D eigenvalue weighted by atomic mass is 10.0. The Morgan fingerprint density at radius 1 is 1.42 bits per heavy atom. The summed E-state index contributed by atoms with van der Waals surface area (Å²) in [5.41, 5.74) is 1.52. The molecule has 2 N–H and O–H groups in total. The molecule has 0 aliphatic heterocycles. The molecule has 1 aromatic carbocycles. The summed E-state index contributed by atoms with van der Waals surface area (Å²) in [5, 5.41) is 16.7. The first-order valence-electron chi connectivity index (χ1n) is 5.70. The van der Waals surface area contributed by atoms with Crippen molar-refractivity contribution in [1.82, 2.24) is 10.5 Å². The molecule has 0 fully saturated rings. The topological polar surface area (TPSA) is 75.4 Å². The second kappa shape index (κ2) is 5.42. The molecule has 0 aliphatic carbocycles. The van der Waals surface area contributed by atoms with E-state index in [1.54, 1.807) is 31.2 Å². The van der Waals surface area contributed by atoms with Crippen LogP contribution in [0, 0.1) is 0 Å². The number of rotatable bonds is 3. The average molecular weight is 281 g/mol. The standard InChI is InChI=1S/C13H13ClN2O3/c1-7(17)10-11(8-3-5-9(14)6-4-8)16-19-12(10)13(18)15-2/h3-7,17H,1-2H3,(H,15,18)/t7-/m0/s1. The molecule has 5 nitrogen and oxygen atoms in total. The highest BCUT2D eigenvalue weighted by Gasteiger charge is 2.25. The smallest absolute Gasteiger partial charge is 0.290 e. The molecule has 6 heteroatoms. The first-order valence-corrected chi connectivity index (χ1v) is 6.08. The van der Waals surface area contributed by atoms with E-state index < -0.39 is 12.0 Å². The van der Waals surface area contributed by atoms with Gasteiger partial charge in [-0.1, -0.05) is 28.9 Å². The zero-order chi connectivity index (χ0) is 14.0.